The summed E-state index contributed by atoms with van der Waals surface area (Å²) in [5, 5.41) is 4.41. The highest BCUT2D eigenvalue weighted by Gasteiger charge is 2.51. The van der Waals surface area contributed by atoms with Crippen molar-refractivity contribution in [1.29, 1.82) is 0 Å². The van der Waals surface area contributed by atoms with Crippen molar-refractivity contribution in [2.24, 2.45) is 5.92 Å². The number of ether oxygens (including phenoxy) is 3. The van der Waals surface area contributed by atoms with Gasteiger partial charge >= 0.3 is 5.97 Å². The number of anilines is 1. The molecule has 11 nitrogen and oxygen atoms in total. The molecular formula is C39H44ClN5O6SSi. The summed E-state index contributed by atoms with van der Waals surface area (Å²) in [4.78, 5) is 39.9. The minimum atomic E-state index is -2.86. The molecule has 3 atom stereocenters. The first kappa shape index (κ1) is 38.3. The van der Waals surface area contributed by atoms with Gasteiger partial charge < -0.3 is 18.6 Å². The number of carbonyl (C=O) groups excluding carboxylic acids is 2. The van der Waals surface area contributed by atoms with Crippen LogP contribution in [0.1, 0.15) is 56.8 Å². The van der Waals surface area contributed by atoms with Crippen LogP contribution in [-0.2, 0) is 14.0 Å². The zero-order valence-electron chi connectivity index (χ0n) is 30.8. The van der Waals surface area contributed by atoms with Gasteiger partial charge in [-0.15, -0.1) is 11.8 Å². The van der Waals surface area contributed by atoms with Gasteiger partial charge in [0.15, 0.2) is 10.8 Å². The molecule has 3 aromatic carbocycles. The highest BCUT2D eigenvalue weighted by atomic mass is 35.5. The van der Waals surface area contributed by atoms with E-state index in [1.807, 2.05) is 16.7 Å². The second-order valence-corrected chi connectivity index (χ2v) is 20.3. The van der Waals surface area contributed by atoms with Gasteiger partial charge in [-0.25, -0.2) is 9.78 Å². The van der Waals surface area contributed by atoms with E-state index in [0.717, 1.165) is 0 Å². The minimum absolute atomic E-state index is 0.0639. The molecule has 1 unspecified atom stereocenters. The molecule has 278 valence electrons. The van der Waals surface area contributed by atoms with E-state index in [4.69, 9.17) is 30.2 Å². The molecule has 2 aromatic heterocycles. The molecule has 14 heteroatoms. The molecule has 0 bridgehead atoms. The third-order valence-corrected chi connectivity index (χ3v) is 16.1. The zero-order valence-corrected chi connectivity index (χ0v) is 33.4. The maximum atomic E-state index is 13.9. The van der Waals surface area contributed by atoms with E-state index in [2.05, 4.69) is 89.6 Å². The maximum Gasteiger partial charge on any atom is 0.342 e. The summed E-state index contributed by atoms with van der Waals surface area (Å²) in [5.74, 6) is -0.137. The summed E-state index contributed by atoms with van der Waals surface area (Å²) in [6.45, 7) is 10.7. The van der Waals surface area contributed by atoms with E-state index in [1.165, 1.54) is 17.5 Å². The highest BCUT2D eigenvalue weighted by molar-refractivity contribution is 8.00. The molecule has 0 aliphatic carbocycles. The van der Waals surface area contributed by atoms with Crippen LogP contribution in [0.4, 0.5) is 5.95 Å². The first-order chi connectivity index (χ1) is 25.4. The van der Waals surface area contributed by atoms with Crippen LogP contribution in [0.25, 0.3) is 11.2 Å². The van der Waals surface area contributed by atoms with Crippen molar-refractivity contribution in [1.82, 2.24) is 19.5 Å². The van der Waals surface area contributed by atoms with Crippen molar-refractivity contribution in [3.8, 4) is 11.5 Å². The van der Waals surface area contributed by atoms with Crippen LogP contribution in [0.3, 0.4) is 0 Å². The number of aromatic nitrogens is 4. The van der Waals surface area contributed by atoms with Gasteiger partial charge in [-0.05, 0) is 27.5 Å². The quantitative estimate of drug-likeness (QED) is 0.0813. The lowest BCUT2D eigenvalue weighted by Crippen LogP contribution is -2.67. The molecule has 1 fully saturated rings. The normalized spacial score (nSPS) is 17.6. The Kier molecular flexibility index (Phi) is 11.5. The van der Waals surface area contributed by atoms with E-state index < -0.39 is 25.8 Å². The van der Waals surface area contributed by atoms with Crippen LogP contribution >= 0.6 is 23.4 Å². The Labute approximate surface area is 319 Å². The van der Waals surface area contributed by atoms with Gasteiger partial charge in [0.2, 0.25) is 11.9 Å². The summed E-state index contributed by atoms with van der Waals surface area (Å²) in [5.41, 5.74) is 1.03. The van der Waals surface area contributed by atoms with Crippen molar-refractivity contribution >= 4 is 71.0 Å². The van der Waals surface area contributed by atoms with Gasteiger partial charge in [0, 0.05) is 30.3 Å². The molecular weight excluding hydrogens is 730 g/mol. The fraction of sp³-hybridized carbons (Fsp3) is 0.359. The number of nitrogens with zero attached hydrogens (tertiary/aromatic N) is 4. The molecule has 1 N–H and O–H groups in total. The Morgan fingerprint density at radius 3 is 2.23 bits per heavy atom. The first-order valence-corrected chi connectivity index (χ1v) is 20.6. The Bertz CT molecular complexity index is 2040. The third-order valence-electron chi connectivity index (χ3n) is 9.35. The largest absolute Gasteiger partial charge is 0.497 e. The topological polar surface area (TPSA) is 127 Å². The highest BCUT2D eigenvalue weighted by Crippen LogP contribution is 2.46. The number of amides is 1. The fourth-order valence-corrected chi connectivity index (χ4v) is 13.1. The summed E-state index contributed by atoms with van der Waals surface area (Å²) < 4.78 is 26.4. The number of benzene rings is 3. The van der Waals surface area contributed by atoms with Gasteiger partial charge in [-0.1, -0.05) is 107 Å². The van der Waals surface area contributed by atoms with Crippen molar-refractivity contribution in [2.45, 2.75) is 62.8 Å². The van der Waals surface area contributed by atoms with E-state index in [0.29, 0.717) is 35.7 Å². The van der Waals surface area contributed by atoms with Gasteiger partial charge in [-0.3, -0.25) is 14.7 Å². The smallest absolute Gasteiger partial charge is 0.342 e. The summed E-state index contributed by atoms with van der Waals surface area (Å²) in [7, 11) is 0.180. The SMILES string of the molecule is COc1ccc(C(=O)O[C@@H]2C[C@@H](CO[Si](c3ccccc3)(c3ccccc3)C(C)(C)C)SC2n2cnc3c(Cl)nc(NC(=O)C(C)C)nc32)c(OC)c1. The number of methoxy groups -OCH3 is 2. The average Bonchev–Trinajstić information content (AvgIpc) is 3.75. The number of imidazole rings is 1. The number of carbonyl (C=O) groups is 2. The number of hydrogen-bond acceptors (Lipinski definition) is 10. The van der Waals surface area contributed by atoms with Crippen LogP contribution in [0, 0.1) is 5.92 Å². The molecule has 1 aliphatic rings. The standard InChI is InChI=1S/C39H44ClN5O6SSi/c1-24(2)35(46)44-38-42-33(40)32-34(43-38)45(23-41-32)36-31(51-37(47)29-19-18-25(48-6)20-30(29)49-7)21-26(52-36)22-50-53(39(3,4)5,27-14-10-8-11-15-27)28-16-12-9-13-17-28/h8-20,23-24,26,31,36H,21-22H2,1-7H3,(H,42,43,44,46)/t26-,31+,36?/m0/s1. The number of fused-ring (bicyclic) bond motifs is 1. The summed E-state index contributed by atoms with van der Waals surface area (Å²) in [6.07, 6.45) is 1.47. The number of hydrogen-bond donors (Lipinski definition) is 1. The lowest BCUT2D eigenvalue weighted by Gasteiger charge is -2.43. The third kappa shape index (κ3) is 7.79. The van der Waals surface area contributed by atoms with E-state index in [-0.39, 0.29) is 38.8 Å². The molecule has 0 saturated carbocycles. The lowest BCUT2D eigenvalue weighted by molar-refractivity contribution is -0.118. The second-order valence-electron chi connectivity index (χ2n) is 14.2. The Balaban J connectivity index is 1.38. The number of nitrogens with one attached hydrogen (secondary N) is 1. The monoisotopic (exact) mass is 773 g/mol. The molecule has 3 heterocycles. The predicted octanol–water partition coefficient (Wildman–Crippen LogP) is 6.90. The number of rotatable bonds is 12. The summed E-state index contributed by atoms with van der Waals surface area (Å²) >= 11 is 8.20. The first-order valence-electron chi connectivity index (χ1n) is 17.4. The molecule has 0 radical (unpaired) electrons. The zero-order chi connectivity index (χ0) is 37.9. The Morgan fingerprint density at radius 1 is 0.981 bits per heavy atom. The van der Waals surface area contributed by atoms with Crippen LogP contribution in [0.15, 0.2) is 85.2 Å². The number of esters is 1. The maximum absolute atomic E-state index is 13.9. The molecule has 0 spiro atoms. The van der Waals surface area contributed by atoms with Crippen LogP contribution in [-0.4, -0.2) is 71.9 Å². The van der Waals surface area contributed by atoms with Crippen molar-refractivity contribution < 1.29 is 28.2 Å². The molecule has 1 aliphatic heterocycles. The molecule has 53 heavy (non-hydrogen) atoms. The molecule has 5 aromatic rings. The Hall–Kier alpha value is -4.43. The van der Waals surface area contributed by atoms with Crippen molar-refractivity contribution in [3.05, 3.63) is 95.9 Å². The second kappa shape index (κ2) is 15.9. The number of thioether (sulfide) groups is 1. The van der Waals surface area contributed by atoms with Crippen molar-refractivity contribution in [3.63, 3.8) is 0 Å². The molecule has 1 saturated heterocycles. The van der Waals surface area contributed by atoms with E-state index >= 15 is 0 Å². The van der Waals surface area contributed by atoms with Gasteiger partial charge in [0.25, 0.3) is 8.32 Å². The average molecular weight is 774 g/mol. The van der Waals surface area contributed by atoms with Gasteiger partial charge in [-0.2, -0.15) is 9.97 Å². The summed E-state index contributed by atoms with van der Waals surface area (Å²) in [6, 6.07) is 25.9. The van der Waals surface area contributed by atoms with E-state index in [1.54, 1.807) is 57.2 Å². The molecule has 6 rings (SSSR count). The fourth-order valence-electron chi connectivity index (χ4n) is 6.70. The van der Waals surface area contributed by atoms with Crippen LogP contribution in [0.2, 0.25) is 10.2 Å². The van der Waals surface area contributed by atoms with Gasteiger partial charge in [0.05, 0.1) is 20.5 Å². The van der Waals surface area contributed by atoms with E-state index in [9.17, 15) is 9.59 Å². The van der Waals surface area contributed by atoms with Crippen LogP contribution < -0.4 is 25.2 Å². The minimum Gasteiger partial charge on any atom is -0.497 e. The number of halogens is 1. The van der Waals surface area contributed by atoms with Crippen LogP contribution in [0.5, 0.6) is 11.5 Å². The van der Waals surface area contributed by atoms with Gasteiger partial charge in [0.1, 0.15) is 34.1 Å². The Morgan fingerprint density at radius 2 is 1.64 bits per heavy atom. The van der Waals surface area contributed by atoms with Crippen molar-refractivity contribution in [2.75, 3.05) is 26.1 Å². The molecule has 1 amide bonds. The predicted molar refractivity (Wildman–Crippen MR) is 211 cm³/mol. The lowest BCUT2D eigenvalue weighted by atomic mass is 10.1.